The van der Waals surface area contributed by atoms with Crippen molar-refractivity contribution in [2.24, 2.45) is 11.7 Å². The fourth-order valence-electron chi connectivity index (χ4n) is 2.34. The molecule has 0 aliphatic heterocycles. The first-order valence-electron chi connectivity index (χ1n) is 6.35. The Labute approximate surface area is 113 Å². The van der Waals surface area contributed by atoms with E-state index in [-0.39, 0.29) is 5.91 Å². The van der Waals surface area contributed by atoms with Crippen LogP contribution in [0, 0.1) is 5.92 Å². The molecule has 0 aromatic heterocycles. The fraction of sp³-hybridized carbons (Fsp3) is 0.429. The van der Waals surface area contributed by atoms with Crippen molar-refractivity contribution in [3.63, 3.8) is 0 Å². The van der Waals surface area contributed by atoms with Crippen molar-refractivity contribution in [2.75, 3.05) is 6.54 Å². The summed E-state index contributed by atoms with van der Waals surface area (Å²) in [5, 5.41) is 2.99. The van der Waals surface area contributed by atoms with E-state index >= 15 is 0 Å². The summed E-state index contributed by atoms with van der Waals surface area (Å²) in [5.41, 5.74) is 6.96. The zero-order chi connectivity index (χ0) is 13.0. The molecular formula is C14H18N2OS. The van der Waals surface area contributed by atoms with E-state index in [1.165, 1.54) is 25.7 Å². The molecule has 0 atom stereocenters. The molecule has 1 saturated carbocycles. The first kappa shape index (κ1) is 13.0. The predicted molar refractivity (Wildman–Crippen MR) is 76.6 cm³/mol. The third-order valence-corrected chi connectivity index (χ3v) is 3.69. The zero-order valence-corrected chi connectivity index (χ0v) is 11.1. The van der Waals surface area contributed by atoms with Crippen molar-refractivity contribution in [3.05, 3.63) is 35.4 Å². The maximum atomic E-state index is 11.9. The summed E-state index contributed by atoms with van der Waals surface area (Å²) in [6.07, 6.45) is 5.06. The van der Waals surface area contributed by atoms with Crippen molar-refractivity contribution in [1.29, 1.82) is 0 Å². The van der Waals surface area contributed by atoms with E-state index in [1.54, 1.807) is 24.3 Å². The number of benzene rings is 1. The number of carbonyl (C=O) groups excluding carboxylic acids is 1. The summed E-state index contributed by atoms with van der Waals surface area (Å²) in [6, 6.07) is 7.09. The fourth-order valence-corrected chi connectivity index (χ4v) is 2.48. The number of hydrogen-bond donors (Lipinski definition) is 2. The van der Waals surface area contributed by atoms with Crippen LogP contribution >= 0.6 is 12.2 Å². The van der Waals surface area contributed by atoms with Gasteiger partial charge in [0.25, 0.3) is 5.91 Å². The third kappa shape index (κ3) is 3.29. The number of hydrogen-bond acceptors (Lipinski definition) is 2. The van der Waals surface area contributed by atoms with Gasteiger partial charge < -0.3 is 11.1 Å². The molecule has 0 saturated heterocycles. The predicted octanol–water partition coefficient (Wildman–Crippen LogP) is 2.24. The molecular weight excluding hydrogens is 244 g/mol. The van der Waals surface area contributed by atoms with E-state index in [0.29, 0.717) is 16.5 Å². The number of nitrogens with two attached hydrogens (primary N) is 1. The van der Waals surface area contributed by atoms with E-state index < -0.39 is 0 Å². The van der Waals surface area contributed by atoms with Gasteiger partial charge in [0.2, 0.25) is 0 Å². The normalized spacial score (nSPS) is 15.6. The summed E-state index contributed by atoms with van der Waals surface area (Å²) in [6.45, 7) is 0.788. The SMILES string of the molecule is NC(=S)c1ccc(C(=O)NCC2CCCC2)cc1. The lowest BCUT2D eigenvalue weighted by atomic mass is 10.1. The van der Waals surface area contributed by atoms with E-state index in [2.05, 4.69) is 5.32 Å². The number of thiocarbonyl (C=S) groups is 1. The molecule has 1 fully saturated rings. The van der Waals surface area contributed by atoms with Crippen LogP contribution in [-0.4, -0.2) is 17.4 Å². The lowest BCUT2D eigenvalue weighted by Gasteiger charge is -2.10. The van der Waals surface area contributed by atoms with Crippen LogP contribution in [0.5, 0.6) is 0 Å². The van der Waals surface area contributed by atoms with Gasteiger partial charge in [0.05, 0.1) is 0 Å². The molecule has 0 unspecified atom stereocenters. The van der Waals surface area contributed by atoms with Crippen LogP contribution in [0.3, 0.4) is 0 Å². The molecule has 1 aliphatic rings. The van der Waals surface area contributed by atoms with E-state index in [0.717, 1.165) is 12.1 Å². The molecule has 18 heavy (non-hydrogen) atoms. The number of rotatable bonds is 4. The zero-order valence-electron chi connectivity index (χ0n) is 10.3. The summed E-state index contributed by atoms with van der Waals surface area (Å²) < 4.78 is 0. The van der Waals surface area contributed by atoms with Gasteiger partial charge >= 0.3 is 0 Å². The van der Waals surface area contributed by atoms with Crippen LogP contribution in [0.1, 0.15) is 41.6 Å². The molecule has 1 aromatic carbocycles. The second kappa shape index (κ2) is 5.96. The van der Waals surface area contributed by atoms with Crippen LogP contribution in [0.15, 0.2) is 24.3 Å². The van der Waals surface area contributed by atoms with E-state index in [4.69, 9.17) is 18.0 Å². The third-order valence-electron chi connectivity index (χ3n) is 3.46. The van der Waals surface area contributed by atoms with Gasteiger partial charge in [-0.15, -0.1) is 0 Å². The summed E-state index contributed by atoms with van der Waals surface area (Å²) in [7, 11) is 0. The number of amides is 1. The molecule has 96 valence electrons. The van der Waals surface area contributed by atoms with Crippen molar-refractivity contribution in [3.8, 4) is 0 Å². The first-order chi connectivity index (χ1) is 8.66. The van der Waals surface area contributed by atoms with Gasteiger partial charge in [-0.1, -0.05) is 37.2 Å². The Morgan fingerprint density at radius 2 is 1.78 bits per heavy atom. The Morgan fingerprint density at radius 3 is 2.33 bits per heavy atom. The van der Waals surface area contributed by atoms with Gasteiger partial charge in [0, 0.05) is 17.7 Å². The Kier molecular flexibility index (Phi) is 4.31. The average molecular weight is 262 g/mol. The highest BCUT2D eigenvalue weighted by Crippen LogP contribution is 2.23. The molecule has 0 bridgehead atoms. The molecule has 0 spiro atoms. The molecule has 1 amide bonds. The van der Waals surface area contributed by atoms with Gasteiger partial charge in [-0.3, -0.25) is 4.79 Å². The number of carbonyl (C=O) groups is 1. The second-order valence-electron chi connectivity index (χ2n) is 4.80. The lowest BCUT2D eigenvalue weighted by molar-refractivity contribution is 0.0947. The highest BCUT2D eigenvalue weighted by atomic mass is 32.1. The molecule has 2 rings (SSSR count). The van der Waals surface area contributed by atoms with Crippen molar-refractivity contribution < 1.29 is 4.79 Å². The quantitative estimate of drug-likeness (QED) is 0.818. The van der Waals surface area contributed by atoms with E-state index in [9.17, 15) is 4.79 Å². The molecule has 3 N–H and O–H groups in total. The Bertz CT molecular complexity index is 436. The number of nitrogens with one attached hydrogen (secondary N) is 1. The Hall–Kier alpha value is -1.42. The summed E-state index contributed by atoms with van der Waals surface area (Å²) in [4.78, 5) is 12.3. The van der Waals surface area contributed by atoms with Crippen molar-refractivity contribution in [2.45, 2.75) is 25.7 Å². The minimum Gasteiger partial charge on any atom is -0.389 e. The lowest BCUT2D eigenvalue weighted by Crippen LogP contribution is -2.28. The minimum atomic E-state index is -0.0172. The van der Waals surface area contributed by atoms with Gasteiger partial charge in [0.15, 0.2) is 0 Å². The topological polar surface area (TPSA) is 55.1 Å². The standard InChI is InChI=1S/C14H18N2OS/c15-13(18)11-5-7-12(8-6-11)14(17)16-9-10-3-1-2-4-10/h5-8,10H,1-4,9H2,(H2,15,18)(H,16,17). The first-order valence-corrected chi connectivity index (χ1v) is 6.75. The van der Waals surface area contributed by atoms with Crippen LogP contribution in [-0.2, 0) is 0 Å². The van der Waals surface area contributed by atoms with Crippen molar-refractivity contribution >= 4 is 23.1 Å². The maximum absolute atomic E-state index is 11.9. The van der Waals surface area contributed by atoms with E-state index in [1.807, 2.05) is 0 Å². The molecule has 4 heteroatoms. The van der Waals surface area contributed by atoms with Gasteiger partial charge in [-0.2, -0.15) is 0 Å². The van der Waals surface area contributed by atoms with Crippen LogP contribution in [0.4, 0.5) is 0 Å². The average Bonchev–Trinajstić information content (AvgIpc) is 2.89. The second-order valence-corrected chi connectivity index (χ2v) is 5.24. The van der Waals surface area contributed by atoms with Crippen LogP contribution in [0.2, 0.25) is 0 Å². The molecule has 0 heterocycles. The highest BCUT2D eigenvalue weighted by molar-refractivity contribution is 7.80. The molecule has 3 nitrogen and oxygen atoms in total. The Morgan fingerprint density at radius 1 is 1.22 bits per heavy atom. The maximum Gasteiger partial charge on any atom is 0.251 e. The summed E-state index contributed by atoms with van der Waals surface area (Å²) >= 11 is 4.87. The van der Waals surface area contributed by atoms with Gasteiger partial charge in [-0.05, 0) is 30.9 Å². The smallest absolute Gasteiger partial charge is 0.251 e. The van der Waals surface area contributed by atoms with Gasteiger partial charge in [0.1, 0.15) is 4.99 Å². The molecule has 1 aromatic rings. The van der Waals surface area contributed by atoms with Gasteiger partial charge in [-0.25, -0.2) is 0 Å². The Balaban J connectivity index is 1.89. The van der Waals surface area contributed by atoms with Crippen molar-refractivity contribution in [1.82, 2.24) is 5.32 Å². The highest BCUT2D eigenvalue weighted by Gasteiger charge is 2.16. The monoisotopic (exact) mass is 262 g/mol. The summed E-state index contributed by atoms with van der Waals surface area (Å²) in [5.74, 6) is 0.640. The van der Waals surface area contributed by atoms with Crippen LogP contribution < -0.4 is 11.1 Å². The van der Waals surface area contributed by atoms with Crippen LogP contribution in [0.25, 0.3) is 0 Å². The molecule has 1 aliphatic carbocycles. The minimum absolute atomic E-state index is 0.0172. The molecule has 0 radical (unpaired) electrons. The largest absolute Gasteiger partial charge is 0.389 e.